The van der Waals surface area contributed by atoms with Crippen LogP contribution in [0.25, 0.3) is 0 Å². The number of nitrogens with zero attached hydrogens (tertiary/aromatic N) is 1. The third-order valence-electron chi connectivity index (χ3n) is 2.89. The lowest BCUT2D eigenvalue weighted by molar-refractivity contribution is -0.384. The van der Waals surface area contributed by atoms with Gasteiger partial charge in [0.05, 0.1) is 9.95 Å². The molecule has 0 unspecified atom stereocenters. The number of rotatable bonds is 4. The lowest BCUT2D eigenvalue weighted by atomic mass is 10.1. The monoisotopic (exact) mass is 354 g/mol. The zero-order chi connectivity index (χ0) is 14.7. The van der Waals surface area contributed by atoms with Crippen LogP contribution >= 0.6 is 27.5 Å². The maximum absolute atomic E-state index is 10.7. The van der Waals surface area contributed by atoms with E-state index in [1.807, 2.05) is 25.1 Å². The molecular formula is C14H12BrClN2O2. The predicted molar refractivity (Wildman–Crippen MR) is 84.3 cm³/mol. The predicted octanol–water partition coefficient (Wildman–Crippen LogP) is 4.93. The van der Waals surface area contributed by atoms with Crippen molar-refractivity contribution in [3.8, 4) is 0 Å². The van der Waals surface area contributed by atoms with Gasteiger partial charge in [-0.05, 0) is 52.2 Å². The van der Waals surface area contributed by atoms with Crippen molar-refractivity contribution in [2.75, 3.05) is 5.32 Å². The summed E-state index contributed by atoms with van der Waals surface area (Å²) in [5, 5.41) is 14.6. The second-order valence-corrected chi connectivity index (χ2v) is 5.62. The van der Waals surface area contributed by atoms with Gasteiger partial charge in [0.1, 0.15) is 0 Å². The van der Waals surface area contributed by atoms with Gasteiger partial charge < -0.3 is 5.32 Å². The number of anilines is 1. The molecule has 0 heterocycles. The van der Waals surface area contributed by atoms with E-state index in [0.29, 0.717) is 11.6 Å². The molecule has 0 saturated heterocycles. The van der Waals surface area contributed by atoms with Crippen molar-refractivity contribution < 1.29 is 4.92 Å². The van der Waals surface area contributed by atoms with Gasteiger partial charge in [0.2, 0.25) is 0 Å². The molecule has 0 amide bonds. The second-order valence-electron chi connectivity index (χ2n) is 4.36. The normalized spacial score (nSPS) is 10.3. The summed E-state index contributed by atoms with van der Waals surface area (Å²) in [7, 11) is 0. The number of non-ortho nitro benzene ring substituents is 1. The minimum atomic E-state index is -0.396. The number of halogens is 2. The smallest absolute Gasteiger partial charge is 0.269 e. The van der Waals surface area contributed by atoms with E-state index >= 15 is 0 Å². The molecule has 2 rings (SSSR count). The highest BCUT2D eigenvalue weighted by molar-refractivity contribution is 9.10. The molecule has 4 nitrogen and oxygen atoms in total. The van der Waals surface area contributed by atoms with Gasteiger partial charge in [-0.1, -0.05) is 17.7 Å². The van der Waals surface area contributed by atoms with Crippen molar-refractivity contribution in [3.05, 3.63) is 67.1 Å². The third-order valence-corrected chi connectivity index (χ3v) is 4.10. The Morgan fingerprint density at radius 1 is 1.30 bits per heavy atom. The van der Waals surface area contributed by atoms with E-state index in [-0.39, 0.29) is 5.69 Å². The lowest BCUT2D eigenvalue weighted by Crippen LogP contribution is -2.01. The standard InChI is InChI=1S/C14H12BrClN2O2/c1-9-6-11(18(19)20)3-5-14(9)17-8-10-2-4-13(16)12(15)7-10/h2-7,17H,8H2,1H3. The molecule has 6 heteroatoms. The fourth-order valence-corrected chi connectivity index (χ4v) is 2.35. The quantitative estimate of drug-likeness (QED) is 0.625. The number of benzene rings is 2. The average Bonchev–Trinajstić information content (AvgIpc) is 2.41. The number of aryl methyl sites for hydroxylation is 1. The van der Waals surface area contributed by atoms with E-state index in [4.69, 9.17) is 11.6 Å². The summed E-state index contributed by atoms with van der Waals surface area (Å²) in [5.41, 5.74) is 2.88. The van der Waals surface area contributed by atoms with Crippen LogP contribution in [0.2, 0.25) is 5.02 Å². The first-order valence-corrected chi connectivity index (χ1v) is 7.07. The molecule has 1 N–H and O–H groups in total. The second kappa shape index (κ2) is 6.24. The molecule has 0 aliphatic heterocycles. The van der Waals surface area contributed by atoms with Crippen molar-refractivity contribution >= 4 is 38.9 Å². The van der Waals surface area contributed by atoms with Crippen LogP contribution in [0.15, 0.2) is 40.9 Å². The maximum atomic E-state index is 10.7. The fourth-order valence-electron chi connectivity index (χ4n) is 1.81. The highest BCUT2D eigenvalue weighted by Gasteiger charge is 2.08. The molecule has 104 valence electrons. The zero-order valence-corrected chi connectivity index (χ0v) is 13.0. The van der Waals surface area contributed by atoms with E-state index in [9.17, 15) is 10.1 Å². The Hall–Kier alpha value is -1.59. The summed E-state index contributed by atoms with van der Waals surface area (Å²) in [6.07, 6.45) is 0. The molecule has 0 aliphatic rings. The average molecular weight is 356 g/mol. The largest absolute Gasteiger partial charge is 0.381 e. The Kier molecular flexibility index (Phi) is 4.62. The summed E-state index contributed by atoms with van der Waals surface area (Å²) in [4.78, 5) is 10.3. The van der Waals surface area contributed by atoms with Gasteiger partial charge in [0.15, 0.2) is 0 Å². The van der Waals surface area contributed by atoms with Crippen molar-refractivity contribution in [1.82, 2.24) is 0 Å². The van der Waals surface area contributed by atoms with E-state index in [1.54, 1.807) is 12.1 Å². The topological polar surface area (TPSA) is 55.2 Å². The van der Waals surface area contributed by atoms with Gasteiger partial charge in [-0.25, -0.2) is 0 Å². The highest BCUT2D eigenvalue weighted by atomic mass is 79.9. The SMILES string of the molecule is Cc1cc([N+](=O)[O-])ccc1NCc1ccc(Cl)c(Br)c1. The Balaban J connectivity index is 2.10. The van der Waals surface area contributed by atoms with Gasteiger partial charge in [0, 0.05) is 28.8 Å². The third kappa shape index (κ3) is 3.49. The Labute approximate surface area is 130 Å². The fraction of sp³-hybridized carbons (Fsp3) is 0.143. The van der Waals surface area contributed by atoms with Gasteiger partial charge in [-0.15, -0.1) is 0 Å². The summed E-state index contributed by atoms with van der Waals surface area (Å²) in [6, 6.07) is 10.5. The molecule has 0 radical (unpaired) electrons. The maximum Gasteiger partial charge on any atom is 0.269 e. The number of hydrogen-bond donors (Lipinski definition) is 1. The van der Waals surface area contributed by atoms with Gasteiger partial charge in [-0.2, -0.15) is 0 Å². The zero-order valence-electron chi connectivity index (χ0n) is 10.7. The molecule has 0 fully saturated rings. The summed E-state index contributed by atoms with van der Waals surface area (Å²) in [5.74, 6) is 0. The Morgan fingerprint density at radius 2 is 2.05 bits per heavy atom. The molecule has 0 aliphatic carbocycles. The van der Waals surface area contributed by atoms with Crippen LogP contribution < -0.4 is 5.32 Å². The summed E-state index contributed by atoms with van der Waals surface area (Å²) in [6.45, 7) is 2.46. The summed E-state index contributed by atoms with van der Waals surface area (Å²) >= 11 is 9.32. The van der Waals surface area contributed by atoms with E-state index in [2.05, 4.69) is 21.2 Å². The molecule has 0 saturated carbocycles. The van der Waals surface area contributed by atoms with E-state index in [0.717, 1.165) is 21.3 Å². The van der Waals surface area contributed by atoms with Gasteiger partial charge >= 0.3 is 0 Å². The number of hydrogen-bond acceptors (Lipinski definition) is 3. The molecule has 0 atom stereocenters. The number of nitrogens with one attached hydrogen (secondary N) is 1. The van der Waals surface area contributed by atoms with E-state index < -0.39 is 4.92 Å². The molecule has 20 heavy (non-hydrogen) atoms. The first-order valence-electron chi connectivity index (χ1n) is 5.90. The van der Waals surface area contributed by atoms with Crippen LogP contribution in [0, 0.1) is 17.0 Å². The van der Waals surface area contributed by atoms with Crippen molar-refractivity contribution in [2.45, 2.75) is 13.5 Å². The molecule has 0 spiro atoms. The van der Waals surface area contributed by atoms with E-state index in [1.165, 1.54) is 6.07 Å². The molecule has 2 aromatic rings. The van der Waals surface area contributed by atoms with Crippen molar-refractivity contribution in [3.63, 3.8) is 0 Å². The first-order chi connectivity index (χ1) is 9.47. The Bertz CT molecular complexity index is 662. The number of nitro groups is 1. The molecular weight excluding hydrogens is 344 g/mol. The van der Waals surface area contributed by atoms with Crippen LogP contribution in [0.3, 0.4) is 0 Å². The molecule has 0 bridgehead atoms. The molecule has 0 aromatic heterocycles. The Morgan fingerprint density at radius 3 is 2.65 bits per heavy atom. The van der Waals surface area contributed by atoms with Crippen molar-refractivity contribution in [2.24, 2.45) is 0 Å². The molecule has 2 aromatic carbocycles. The van der Waals surface area contributed by atoms with Crippen LogP contribution in [0.4, 0.5) is 11.4 Å². The lowest BCUT2D eigenvalue weighted by Gasteiger charge is -2.10. The van der Waals surface area contributed by atoms with Crippen molar-refractivity contribution in [1.29, 1.82) is 0 Å². The minimum absolute atomic E-state index is 0.0993. The van der Waals surface area contributed by atoms with Gasteiger partial charge in [-0.3, -0.25) is 10.1 Å². The van der Waals surface area contributed by atoms with Crippen LogP contribution in [-0.2, 0) is 6.54 Å². The number of nitro benzene ring substituents is 1. The minimum Gasteiger partial charge on any atom is -0.381 e. The first kappa shape index (κ1) is 14.8. The van der Waals surface area contributed by atoms with Crippen LogP contribution in [-0.4, -0.2) is 4.92 Å². The highest BCUT2D eigenvalue weighted by Crippen LogP contribution is 2.25. The summed E-state index contributed by atoms with van der Waals surface area (Å²) < 4.78 is 0.846. The van der Waals surface area contributed by atoms with Crippen LogP contribution in [0.5, 0.6) is 0 Å². The van der Waals surface area contributed by atoms with Crippen LogP contribution in [0.1, 0.15) is 11.1 Å². The van der Waals surface area contributed by atoms with Gasteiger partial charge in [0.25, 0.3) is 5.69 Å².